The van der Waals surface area contributed by atoms with Gasteiger partial charge in [-0.2, -0.15) is 0 Å². The van der Waals surface area contributed by atoms with Crippen molar-refractivity contribution in [2.24, 2.45) is 0 Å². The molecule has 0 aliphatic carbocycles. The molecule has 1 atom stereocenters. The summed E-state index contributed by atoms with van der Waals surface area (Å²) in [6.45, 7) is 7.77. The minimum absolute atomic E-state index is 0.0195. The second-order valence-electron chi connectivity index (χ2n) is 5.25. The summed E-state index contributed by atoms with van der Waals surface area (Å²) in [6.07, 6.45) is 5.68. The lowest BCUT2D eigenvalue weighted by molar-refractivity contribution is -0.0864. The molecule has 2 heterocycles. The first-order valence-electron chi connectivity index (χ1n) is 7.56. The molecule has 1 aromatic rings. The van der Waals surface area contributed by atoms with Gasteiger partial charge >= 0.3 is 0 Å². The topological polar surface area (TPSA) is 56.3 Å². The maximum absolute atomic E-state index is 6.00. The third kappa shape index (κ3) is 3.60. The van der Waals surface area contributed by atoms with Crippen molar-refractivity contribution in [1.82, 2.24) is 9.97 Å². The number of hydrogen-bond donors (Lipinski definition) is 1. The molecule has 1 aliphatic heterocycles. The molecule has 0 bridgehead atoms. The van der Waals surface area contributed by atoms with E-state index in [9.17, 15) is 0 Å². The highest BCUT2D eigenvalue weighted by atomic mass is 16.5. The molecular formula is C15H25N3O2. The quantitative estimate of drug-likeness (QED) is 0.867. The predicted octanol–water partition coefficient (Wildman–Crippen LogP) is 3.03. The molecule has 1 unspecified atom stereocenters. The van der Waals surface area contributed by atoms with Gasteiger partial charge in [0.15, 0.2) is 0 Å². The van der Waals surface area contributed by atoms with E-state index in [1.54, 1.807) is 6.33 Å². The van der Waals surface area contributed by atoms with Gasteiger partial charge in [0.25, 0.3) is 0 Å². The Bertz CT molecular complexity index is 421. The molecule has 0 amide bonds. The average molecular weight is 279 g/mol. The van der Waals surface area contributed by atoms with Crippen LogP contribution in [0.2, 0.25) is 0 Å². The summed E-state index contributed by atoms with van der Waals surface area (Å²) in [5, 5.41) is 3.49. The minimum atomic E-state index is 0.0195. The summed E-state index contributed by atoms with van der Waals surface area (Å²) in [4.78, 5) is 8.36. The van der Waals surface area contributed by atoms with Crippen molar-refractivity contribution >= 4 is 5.82 Å². The Labute approximate surface area is 121 Å². The van der Waals surface area contributed by atoms with Gasteiger partial charge in [-0.3, -0.25) is 0 Å². The summed E-state index contributed by atoms with van der Waals surface area (Å²) in [7, 11) is 0. The highest BCUT2D eigenvalue weighted by Crippen LogP contribution is 2.32. The summed E-state index contributed by atoms with van der Waals surface area (Å²) in [5.41, 5.74) is 0.0195. The number of aromatic nitrogens is 2. The van der Waals surface area contributed by atoms with E-state index >= 15 is 0 Å². The summed E-state index contributed by atoms with van der Waals surface area (Å²) in [6, 6.07) is 2.26. The Morgan fingerprint density at radius 3 is 2.85 bits per heavy atom. The summed E-state index contributed by atoms with van der Waals surface area (Å²) < 4.78 is 11.4. The number of nitrogens with one attached hydrogen (secondary N) is 1. The van der Waals surface area contributed by atoms with E-state index in [2.05, 4.69) is 29.1 Å². The molecule has 0 saturated carbocycles. The van der Waals surface area contributed by atoms with Crippen LogP contribution in [0.5, 0.6) is 5.88 Å². The van der Waals surface area contributed by atoms with Crippen molar-refractivity contribution < 1.29 is 9.47 Å². The smallest absolute Gasteiger partial charge is 0.218 e. The molecule has 5 heteroatoms. The van der Waals surface area contributed by atoms with Crippen molar-refractivity contribution in [3.8, 4) is 5.88 Å². The van der Waals surface area contributed by atoms with Gasteiger partial charge in [0, 0.05) is 18.7 Å². The lowest BCUT2D eigenvalue weighted by Gasteiger charge is -2.40. The first-order chi connectivity index (χ1) is 9.71. The van der Waals surface area contributed by atoms with Crippen molar-refractivity contribution in [3.05, 3.63) is 12.4 Å². The largest absolute Gasteiger partial charge is 0.478 e. The first kappa shape index (κ1) is 15.0. The van der Waals surface area contributed by atoms with Crippen LogP contribution in [0, 0.1) is 0 Å². The number of hydrogen-bond acceptors (Lipinski definition) is 5. The molecule has 1 N–H and O–H groups in total. The van der Waals surface area contributed by atoms with Crippen LogP contribution < -0.4 is 10.1 Å². The van der Waals surface area contributed by atoms with Crippen LogP contribution in [-0.2, 0) is 4.74 Å². The van der Waals surface area contributed by atoms with E-state index in [0.717, 1.165) is 38.1 Å². The molecule has 0 aromatic carbocycles. The van der Waals surface area contributed by atoms with Crippen LogP contribution in [0.1, 0.15) is 46.5 Å². The molecule has 1 fully saturated rings. The van der Waals surface area contributed by atoms with Crippen LogP contribution in [0.3, 0.4) is 0 Å². The predicted molar refractivity (Wildman–Crippen MR) is 79.1 cm³/mol. The molecular weight excluding hydrogens is 254 g/mol. The van der Waals surface area contributed by atoms with Crippen LogP contribution >= 0.6 is 0 Å². The van der Waals surface area contributed by atoms with E-state index in [1.165, 1.54) is 0 Å². The van der Waals surface area contributed by atoms with Crippen molar-refractivity contribution in [2.45, 2.75) is 58.1 Å². The fourth-order valence-corrected chi connectivity index (χ4v) is 2.75. The maximum atomic E-state index is 6.00. The van der Waals surface area contributed by atoms with Gasteiger partial charge in [0.05, 0.1) is 12.2 Å². The molecule has 20 heavy (non-hydrogen) atoms. The van der Waals surface area contributed by atoms with Crippen molar-refractivity contribution in [1.29, 1.82) is 0 Å². The summed E-state index contributed by atoms with van der Waals surface area (Å²) in [5.74, 6) is 1.45. The van der Waals surface area contributed by atoms with E-state index in [0.29, 0.717) is 18.5 Å². The maximum Gasteiger partial charge on any atom is 0.218 e. The lowest BCUT2D eigenvalue weighted by Crippen LogP contribution is -2.43. The highest BCUT2D eigenvalue weighted by molar-refractivity contribution is 5.38. The van der Waals surface area contributed by atoms with E-state index < -0.39 is 0 Å². The Hall–Kier alpha value is -1.36. The molecule has 1 saturated heterocycles. The molecule has 1 aromatic heterocycles. The first-order valence-corrected chi connectivity index (χ1v) is 7.56. The van der Waals surface area contributed by atoms with Crippen LogP contribution in [0.4, 0.5) is 5.82 Å². The highest BCUT2D eigenvalue weighted by Gasteiger charge is 2.34. The molecule has 1 aliphatic rings. The Balaban J connectivity index is 2.00. The molecule has 2 rings (SSSR count). The normalized spacial score (nSPS) is 21.4. The third-order valence-corrected chi connectivity index (χ3v) is 4.07. The van der Waals surface area contributed by atoms with E-state index in [1.807, 2.05) is 13.0 Å². The second kappa shape index (κ2) is 6.88. The van der Waals surface area contributed by atoms with Crippen LogP contribution in [0.25, 0.3) is 0 Å². The van der Waals surface area contributed by atoms with Gasteiger partial charge in [0.1, 0.15) is 12.1 Å². The fourth-order valence-electron chi connectivity index (χ4n) is 2.75. The Kier molecular flexibility index (Phi) is 5.17. The zero-order valence-corrected chi connectivity index (χ0v) is 12.7. The van der Waals surface area contributed by atoms with Gasteiger partial charge in [-0.05, 0) is 32.6 Å². The van der Waals surface area contributed by atoms with Crippen molar-refractivity contribution in [2.75, 3.05) is 18.5 Å². The van der Waals surface area contributed by atoms with E-state index in [-0.39, 0.29) is 5.60 Å². The Morgan fingerprint density at radius 2 is 2.15 bits per heavy atom. The monoisotopic (exact) mass is 279 g/mol. The number of rotatable bonds is 6. The van der Waals surface area contributed by atoms with E-state index in [4.69, 9.17) is 9.47 Å². The molecule has 5 nitrogen and oxygen atoms in total. The van der Waals surface area contributed by atoms with Crippen LogP contribution in [-0.4, -0.2) is 34.8 Å². The SMILES string of the molecule is CCOc1cc(NC2CCOC(CC)(CC)C2)ncn1. The van der Waals surface area contributed by atoms with Crippen molar-refractivity contribution in [3.63, 3.8) is 0 Å². The van der Waals surface area contributed by atoms with Gasteiger partial charge in [-0.25, -0.2) is 9.97 Å². The van der Waals surface area contributed by atoms with Gasteiger partial charge in [-0.15, -0.1) is 0 Å². The third-order valence-electron chi connectivity index (χ3n) is 4.07. The number of anilines is 1. The van der Waals surface area contributed by atoms with Gasteiger partial charge in [-0.1, -0.05) is 13.8 Å². The fraction of sp³-hybridized carbons (Fsp3) is 0.733. The molecule has 112 valence electrons. The van der Waals surface area contributed by atoms with Gasteiger partial charge < -0.3 is 14.8 Å². The molecule has 0 radical (unpaired) electrons. The average Bonchev–Trinajstić information content (AvgIpc) is 2.48. The zero-order valence-electron chi connectivity index (χ0n) is 12.7. The summed E-state index contributed by atoms with van der Waals surface area (Å²) >= 11 is 0. The number of nitrogens with zero attached hydrogens (tertiary/aromatic N) is 2. The lowest BCUT2D eigenvalue weighted by atomic mass is 9.86. The second-order valence-corrected chi connectivity index (χ2v) is 5.25. The molecule has 0 spiro atoms. The standard InChI is InChI=1S/C15H25N3O2/c1-4-15(5-2)10-12(7-8-20-15)18-13-9-14(19-6-3)17-11-16-13/h9,11-12H,4-8,10H2,1-3H3,(H,16,17,18). The number of ether oxygens (including phenoxy) is 2. The van der Waals surface area contributed by atoms with Crippen LogP contribution in [0.15, 0.2) is 12.4 Å². The Morgan fingerprint density at radius 1 is 1.35 bits per heavy atom. The zero-order chi connectivity index (χ0) is 14.4. The minimum Gasteiger partial charge on any atom is -0.478 e. The van der Waals surface area contributed by atoms with Gasteiger partial charge in [0.2, 0.25) is 5.88 Å².